The summed E-state index contributed by atoms with van der Waals surface area (Å²) in [5.74, 6) is 0.625. The zero-order valence-corrected chi connectivity index (χ0v) is 12.9. The quantitative estimate of drug-likeness (QED) is 0.928. The van der Waals surface area contributed by atoms with Gasteiger partial charge in [0, 0.05) is 18.7 Å². The van der Waals surface area contributed by atoms with Crippen molar-refractivity contribution in [3.05, 3.63) is 29.8 Å². The third-order valence-electron chi connectivity index (χ3n) is 3.94. The molecule has 0 aliphatic carbocycles. The number of carbonyl (C=O) groups excluding carboxylic acids is 1. The van der Waals surface area contributed by atoms with Crippen LogP contribution in [0.1, 0.15) is 51.2 Å². The van der Waals surface area contributed by atoms with Crippen LogP contribution in [0.25, 0.3) is 0 Å². The highest BCUT2D eigenvalue weighted by molar-refractivity contribution is 5.81. The maximum absolute atomic E-state index is 12.5. The number of ether oxygens (including phenoxy) is 1. The fourth-order valence-electron chi connectivity index (χ4n) is 2.72. The highest BCUT2D eigenvalue weighted by Gasteiger charge is 2.23. The molecule has 1 fully saturated rings. The average molecular weight is 291 g/mol. The third-order valence-corrected chi connectivity index (χ3v) is 3.94. The molecule has 1 saturated heterocycles. The van der Waals surface area contributed by atoms with E-state index in [2.05, 4.69) is 0 Å². The Morgan fingerprint density at radius 2 is 1.76 bits per heavy atom. The molecular weight excluding hydrogens is 266 g/mol. The number of benzene rings is 1. The van der Waals surface area contributed by atoms with Gasteiger partial charge in [0.05, 0.1) is 6.10 Å². The van der Waals surface area contributed by atoms with Gasteiger partial charge in [0.1, 0.15) is 5.75 Å². The molecule has 0 saturated carbocycles. The largest absolute Gasteiger partial charge is 0.481 e. The van der Waals surface area contributed by atoms with Gasteiger partial charge in [-0.2, -0.15) is 0 Å². The highest BCUT2D eigenvalue weighted by atomic mass is 16.5. The second kappa shape index (κ2) is 7.46. The summed E-state index contributed by atoms with van der Waals surface area (Å²) in [6, 6.07) is 7.33. The highest BCUT2D eigenvalue weighted by Crippen LogP contribution is 2.26. The molecule has 21 heavy (non-hydrogen) atoms. The van der Waals surface area contributed by atoms with Gasteiger partial charge < -0.3 is 14.7 Å². The minimum atomic E-state index is -0.610. The molecule has 1 heterocycles. The molecule has 1 aliphatic rings. The number of hydrogen-bond acceptors (Lipinski definition) is 3. The average Bonchev–Trinajstić information content (AvgIpc) is 2.75. The zero-order valence-electron chi connectivity index (χ0n) is 12.9. The number of amides is 1. The predicted octanol–water partition coefficient (Wildman–Crippen LogP) is 2.91. The minimum absolute atomic E-state index is 0.0392. The fraction of sp³-hybridized carbons (Fsp3) is 0.588. The van der Waals surface area contributed by atoms with Gasteiger partial charge in [0.15, 0.2) is 6.10 Å². The number of para-hydroxylation sites is 1. The molecular formula is C17H25NO3. The number of likely N-dealkylation sites (tertiary alicyclic amines) is 1. The molecule has 1 amide bonds. The number of nitrogens with zero attached hydrogens (tertiary/aromatic N) is 1. The molecule has 1 N–H and O–H groups in total. The third kappa shape index (κ3) is 4.21. The van der Waals surface area contributed by atoms with E-state index in [1.54, 1.807) is 19.9 Å². The summed E-state index contributed by atoms with van der Waals surface area (Å²) in [6.45, 7) is 5.13. The van der Waals surface area contributed by atoms with Gasteiger partial charge in [-0.1, -0.05) is 31.0 Å². The molecule has 4 nitrogen and oxygen atoms in total. The van der Waals surface area contributed by atoms with Crippen molar-refractivity contribution in [2.45, 2.75) is 51.7 Å². The number of aliphatic hydroxyl groups is 1. The van der Waals surface area contributed by atoms with Crippen LogP contribution in [0.15, 0.2) is 24.3 Å². The van der Waals surface area contributed by atoms with Crippen LogP contribution in [0.3, 0.4) is 0 Å². The van der Waals surface area contributed by atoms with Gasteiger partial charge in [-0.05, 0) is 32.8 Å². The van der Waals surface area contributed by atoms with Crippen molar-refractivity contribution in [1.29, 1.82) is 0 Å². The fourth-order valence-corrected chi connectivity index (χ4v) is 2.72. The Bertz CT molecular complexity index is 465. The van der Waals surface area contributed by atoms with Crippen molar-refractivity contribution in [1.82, 2.24) is 4.90 Å². The van der Waals surface area contributed by atoms with Crippen LogP contribution in [-0.4, -0.2) is 35.1 Å². The number of hydrogen-bond donors (Lipinski definition) is 1. The summed E-state index contributed by atoms with van der Waals surface area (Å²) in [7, 11) is 0. The Balaban J connectivity index is 2.03. The smallest absolute Gasteiger partial charge is 0.263 e. The van der Waals surface area contributed by atoms with Crippen LogP contribution in [0.5, 0.6) is 5.75 Å². The lowest BCUT2D eigenvalue weighted by Crippen LogP contribution is -2.41. The summed E-state index contributed by atoms with van der Waals surface area (Å²) >= 11 is 0. The molecule has 0 spiro atoms. The van der Waals surface area contributed by atoms with E-state index >= 15 is 0 Å². The van der Waals surface area contributed by atoms with E-state index < -0.39 is 12.2 Å². The van der Waals surface area contributed by atoms with E-state index in [0.29, 0.717) is 11.3 Å². The number of aliphatic hydroxyl groups excluding tert-OH is 1. The van der Waals surface area contributed by atoms with Crippen molar-refractivity contribution in [2.24, 2.45) is 0 Å². The first kappa shape index (κ1) is 15.8. The first-order valence-corrected chi connectivity index (χ1v) is 7.82. The second-order valence-electron chi connectivity index (χ2n) is 5.71. The molecule has 1 aliphatic heterocycles. The molecule has 0 radical (unpaired) electrons. The maximum Gasteiger partial charge on any atom is 0.263 e. The second-order valence-corrected chi connectivity index (χ2v) is 5.71. The van der Waals surface area contributed by atoms with E-state index in [1.807, 2.05) is 23.1 Å². The molecule has 2 atom stereocenters. The van der Waals surface area contributed by atoms with Crippen LogP contribution in [0.4, 0.5) is 0 Å². The van der Waals surface area contributed by atoms with Gasteiger partial charge in [-0.15, -0.1) is 0 Å². The van der Waals surface area contributed by atoms with Crippen molar-refractivity contribution >= 4 is 5.91 Å². The normalized spacial score (nSPS) is 18.7. The van der Waals surface area contributed by atoms with E-state index in [9.17, 15) is 9.90 Å². The Morgan fingerprint density at radius 3 is 2.38 bits per heavy atom. The van der Waals surface area contributed by atoms with Crippen LogP contribution in [0.2, 0.25) is 0 Å². The molecule has 1 aromatic rings. The van der Waals surface area contributed by atoms with E-state index in [4.69, 9.17) is 4.74 Å². The first-order valence-electron chi connectivity index (χ1n) is 7.82. The van der Waals surface area contributed by atoms with Crippen molar-refractivity contribution in [3.8, 4) is 5.75 Å². The summed E-state index contributed by atoms with van der Waals surface area (Å²) < 4.78 is 5.81. The summed E-state index contributed by atoms with van der Waals surface area (Å²) in [5, 5.41) is 9.77. The molecule has 2 rings (SSSR count). The van der Waals surface area contributed by atoms with Gasteiger partial charge in [-0.3, -0.25) is 4.79 Å². The first-order chi connectivity index (χ1) is 10.1. The molecule has 4 heteroatoms. The SMILES string of the molecule is CC(Oc1ccccc1C(C)O)C(=O)N1CCCCCC1. The zero-order chi connectivity index (χ0) is 15.2. The van der Waals surface area contributed by atoms with Crippen LogP contribution in [0, 0.1) is 0 Å². The van der Waals surface area contributed by atoms with Crippen LogP contribution >= 0.6 is 0 Å². The van der Waals surface area contributed by atoms with Gasteiger partial charge >= 0.3 is 0 Å². The summed E-state index contributed by atoms with van der Waals surface area (Å²) in [4.78, 5) is 14.4. The molecule has 2 unspecified atom stereocenters. The predicted molar refractivity (Wildman–Crippen MR) is 82.2 cm³/mol. The van der Waals surface area contributed by atoms with Crippen molar-refractivity contribution in [2.75, 3.05) is 13.1 Å². The van der Waals surface area contributed by atoms with Gasteiger partial charge in [0.25, 0.3) is 5.91 Å². The summed E-state index contributed by atoms with van der Waals surface area (Å²) in [6.07, 6.45) is 3.41. The molecule has 0 aromatic heterocycles. The van der Waals surface area contributed by atoms with Gasteiger partial charge in [-0.25, -0.2) is 0 Å². The number of rotatable bonds is 4. The Hall–Kier alpha value is -1.55. The maximum atomic E-state index is 12.5. The lowest BCUT2D eigenvalue weighted by molar-refractivity contribution is -0.137. The van der Waals surface area contributed by atoms with Crippen molar-refractivity contribution in [3.63, 3.8) is 0 Å². The Morgan fingerprint density at radius 1 is 1.14 bits per heavy atom. The van der Waals surface area contributed by atoms with E-state index in [0.717, 1.165) is 25.9 Å². The number of carbonyl (C=O) groups is 1. The van der Waals surface area contributed by atoms with Crippen LogP contribution < -0.4 is 4.74 Å². The topological polar surface area (TPSA) is 49.8 Å². The Labute approximate surface area is 126 Å². The lowest BCUT2D eigenvalue weighted by atomic mass is 10.1. The van der Waals surface area contributed by atoms with Gasteiger partial charge in [0.2, 0.25) is 0 Å². The minimum Gasteiger partial charge on any atom is -0.481 e. The molecule has 0 bridgehead atoms. The lowest BCUT2D eigenvalue weighted by Gasteiger charge is -2.25. The van der Waals surface area contributed by atoms with E-state index in [-0.39, 0.29) is 5.91 Å². The van der Waals surface area contributed by atoms with Crippen molar-refractivity contribution < 1.29 is 14.6 Å². The standard InChI is InChI=1S/C17H25NO3/c1-13(19)15-9-5-6-10-16(15)21-14(2)17(20)18-11-7-3-4-8-12-18/h5-6,9-10,13-14,19H,3-4,7-8,11-12H2,1-2H3. The monoisotopic (exact) mass is 291 g/mol. The Kier molecular flexibility index (Phi) is 5.62. The summed E-state index contributed by atoms with van der Waals surface area (Å²) in [5.41, 5.74) is 0.716. The van der Waals surface area contributed by atoms with Crippen LogP contribution in [-0.2, 0) is 4.79 Å². The van der Waals surface area contributed by atoms with E-state index in [1.165, 1.54) is 12.8 Å². The molecule has 116 valence electrons. The molecule has 1 aromatic carbocycles.